The lowest BCUT2D eigenvalue weighted by molar-refractivity contribution is -0.137. The molecule has 1 radical (unpaired) electrons. The van der Waals surface area contributed by atoms with E-state index in [0.717, 1.165) is 30.7 Å². The second kappa shape index (κ2) is 5.00. The highest BCUT2D eigenvalue weighted by atomic mass is 19.4. The minimum Gasteiger partial charge on any atom is -0.166 e. The SMILES string of the molecule is FC(F)(F)C1=C(c2ccccc2C(F)(F)F)[CH]CC=C1. The summed E-state index contributed by atoms with van der Waals surface area (Å²) in [7, 11) is 0. The molecule has 0 atom stereocenters. The molecule has 107 valence electrons. The summed E-state index contributed by atoms with van der Waals surface area (Å²) >= 11 is 0. The molecule has 0 saturated carbocycles. The van der Waals surface area contributed by atoms with Crippen molar-refractivity contribution >= 4 is 5.57 Å². The van der Waals surface area contributed by atoms with Gasteiger partial charge < -0.3 is 0 Å². The number of rotatable bonds is 1. The van der Waals surface area contributed by atoms with Gasteiger partial charge in [-0.05, 0) is 30.0 Å². The van der Waals surface area contributed by atoms with Crippen LogP contribution in [-0.4, -0.2) is 6.18 Å². The molecule has 0 aliphatic heterocycles. The second-order valence-corrected chi connectivity index (χ2v) is 4.21. The molecule has 20 heavy (non-hydrogen) atoms. The van der Waals surface area contributed by atoms with Crippen LogP contribution < -0.4 is 0 Å². The van der Waals surface area contributed by atoms with E-state index in [4.69, 9.17) is 0 Å². The van der Waals surface area contributed by atoms with Crippen molar-refractivity contribution in [3.63, 3.8) is 0 Å². The molecule has 0 bridgehead atoms. The Labute approximate surface area is 111 Å². The first-order chi connectivity index (χ1) is 9.21. The van der Waals surface area contributed by atoms with Gasteiger partial charge in [0.2, 0.25) is 0 Å². The Morgan fingerprint density at radius 2 is 1.50 bits per heavy atom. The Balaban J connectivity index is 2.66. The van der Waals surface area contributed by atoms with Gasteiger partial charge in [0.15, 0.2) is 0 Å². The topological polar surface area (TPSA) is 0 Å². The molecular formula is C14H9F6. The number of hydrogen-bond acceptors (Lipinski definition) is 0. The molecule has 1 aliphatic rings. The van der Waals surface area contributed by atoms with Crippen LogP contribution in [0.3, 0.4) is 0 Å². The summed E-state index contributed by atoms with van der Waals surface area (Å²) < 4.78 is 77.4. The highest BCUT2D eigenvalue weighted by Crippen LogP contribution is 2.42. The summed E-state index contributed by atoms with van der Waals surface area (Å²) in [4.78, 5) is 0. The Morgan fingerprint density at radius 3 is 2.10 bits per heavy atom. The summed E-state index contributed by atoms with van der Waals surface area (Å²) in [6, 6.07) is 4.28. The van der Waals surface area contributed by atoms with E-state index in [1.807, 2.05) is 0 Å². The fraction of sp³-hybridized carbons (Fsp3) is 0.214. The monoisotopic (exact) mass is 291 g/mol. The minimum absolute atomic E-state index is 0.168. The second-order valence-electron chi connectivity index (χ2n) is 4.21. The van der Waals surface area contributed by atoms with E-state index >= 15 is 0 Å². The van der Waals surface area contributed by atoms with Crippen LogP contribution in [0.25, 0.3) is 5.57 Å². The zero-order valence-electron chi connectivity index (χ0n) is 10.0. The highest BCUT2D eigenvalue weighted by Gasteiger charge is 2.39. The Hall–Kier alpha value is -1.72. The molecule has 1 aromatic carbocycles. The fourth-order valence-electron chi connectivity index (χ4n) is 2.04. The van der Waals surface area contributed by atoms with E-state index in [2.05, 4.69) is 0 Å². The first kappa shape index (κ1) is 14.7. The molecule has 0 aromatic heterocycles. The van der Waals surface area contributed by atoms with Crippen LogP contribution in [0.1, 0.15) is 17.5 Å². The minimum atomic E-state index is -4.70. The Bertz CT molecular complexity index is 560. The van der Waals surface area contributed by atoms with Gasteiger partial charge in [-0.3, -0.25) is 0 Å². The zero-order valence-corrected chi connectivity index (χ0v) is 10.0. The molecule has 0 saturated heterocycles. The predicted octanol–water partition coefficient (Wildman–Crippen LogP) is 5.19. The molecule has 0 spiro atoms. The van der Waals surface area contributed by atoms with Gasteiger partial charge in [0.25, 0.3) is 0 Å². The molecule has 0 fully saturated rings. The standard InChI is InChI=1S/C14H9F6/c15-13(16,17)11-7-3-1-5-9(11)10-6-2-4-8-12(10)14(18,19)20/h1,3-8H,2H2. The van der Waals surface area contributed by atoms with Crippen molar-refractivity contribution in [3.8, 4) is 0 Å². The molecule has 1 aliphatic carbocycles. The molecule has 0 nitrogen and oxygen atoms in total. The number of alkyl halides is 6. The van der Waals surface area contributed by atoms with Crippen molar-refractivity contribution in [2.75, 3.05) is 0 Å². The molecule has 6 heteroatoms. The third-order valence-electron chi connectivity index (χ3n) is 2.86. The Morgan fingerprint density at radius 1 is 0.850 bits per heavy atom. The van der Waals surface area contributed by atoms with Gasteiger partial charge in [-0.25, -0.2) is 0 Å². The summed E-state index contributed by atoms with van der Waals surface area (Å²) in [5, 5.41) is 0. The predicted molar refractivity (Wildman–Crippen MR) is 62.5 cm³/mol. The van der Waals surface area contributed by atoms with Crippen LogP contribution in [0, 0.1) is 6.42 Å². The quantitative estimate of drug-likeness (QED) is 0.625. The van der Waals surface area contributed by atoms with Crippen molar-refractivity contribution in [1.29, 1.82) is 0 Å². The maximum Gasteiger partial charge on any atom is 0.416 e. The van der Waals surface area contributed by atoms with Crippen molar-refractivity contribution in [2.45, 2.75) is 18.8 Å². The maximum absolute atomic E-state index is 12.9. The molecule has 0 unspecified atom stereocenters. The summed E-state index contributed by atoms with van der Waals surface area (Å²) in [5.74, 6) is 0. The van der Waals surface area contributed by atoms with Crippen LogP contribution in [-0.2, 0) is 6.18 Å². The van der Waals surface area contributed by atoms with Gasteiger partial charge in [0.1, 0.15) is 0 Å². The average molecular weight is 291 g/mol. The third-order valence-corrected chi connectivity index (χ3v) is 2.86. The van der Waals surface area contributed by atoms with Crippen LogP contribution >= 0.6 is 0 Å². The van der Waals surface area contributed by atoms with E-state index in [-0.39, 0.29) is 6.42 Å². The lowest BCUT2D eigenvalue weighted by atomic mass is 9.88. The van der Waals surface area contributed by atoms with Crippen molar-refractivity contribution in [1.82, 2.24) is 0 Å². The van der Waals surface area contributed by atoms with Gasteiger partial charge in [-0.2, -0.15) is 26.3 Å². The van der Waals surface area contributed by atoms with E-state index in [1.165, 1.54) is 12.1 Å². The average Bonchev–Trinajstić information content (AvgIpc) is 2.37. The number of hydrogen-bond donors (Lipinski definition) is 0. The molecule has 0 amide bonds. The number of benzene rings is 1. The van der Waals surface area contributed by atoms with Crippen LogP contribution in [0.2, 0.25) is 0 Å². The van der Waals surface area contributed by atoms with Gasteiger partial charge in [-0.15, -0.1) is 0 Å². The normalized spacial score (nSPS) is 16.7. The zero-order chi connectivity index (χ0) is 15.0. The van der Waals surface area contributed by atoms with E-state index < -0.39 is 34.6 Å². The van der Waals surface area contributed by atoms with Crippen molar-refractivity contribution in [2.24, 2.45) is 0 Å². The van der Waals surface area contributed by atoms with Gasteiger partial charge in [-0.1, -0.05) is 30.4 Å². The summed E-state index contributed by atoms with van der Waals surface area (Å²) in [6.07, 6.45) is -5.98. The van der Waals surface area contributed by atoms with Crippen LogP contribution in [0.15, 0.2) is 42.0 Å². The molecule has 1 aromatic rings. The molecule has 2 rings (SSSR count). The maximum atomic E-state index is 12.9. The summed E-state index contributed by atoms with van der Waals surface area (Å²) in [5.41, 5.74) is -2.99. The fourth-order valence-corrected chi connectivity index (χ4v) is 2.04. The third kappa shape index (κ3) is 2.89. The number of allylic oxidation sites excluding steroid dienone is 4. The first-order valence-electron chi connectivity index (χ1n) is 5.69. The van der Waals surface area contributed by atoms with E-state index in [9.17, 15) is 26.3 Å². The smallest absolute Gasteiger partial charge is 0.166 e. The van der Waals surface area contributed by atoms with Crippen molar-refractivity contribution < 1.29 is 26.3 Å². The first-order valence-corrected chi connectivity index (χ1v) is 5.69. The number of halogens is 6. The van der Waals surface area contributed by atoms with Gasteiger partial charge in [0.05, 0.1) is 11.1 Å². The Kier molecular flexibility index (Phi) is 3.67. The molecule has 0 N–H and O–H groups in total. The van der Waals surface area contributed by atoms with Gasteiger partial charge >= 0.3 is 12.4 Å². The highest BCUT2D eigenvalue weighted by molar-refractivity contribution is 5.80. The lowest BCUT2D eigenvalue weighted by Gasteiger charge is -2.21. The van der Waals surface area contributed by atoms with E-state index in [0.29, 0.717) is 0 Å². The largest absolute Gasteiger partial charge is 0.416 e. The molecule has 0 heterocycles. The van der Waals surface area contributed by atoms with Crippen LogP contribution in [0.5, 0.6) is 0 Å². The van der Waals surface area contributed by atoms with Gasteiger partial charge in [0, 0.05) is 0 Å². The van der Waals surface area contributed by atoms with Crippen molar-refractivity contribution in [3.05, 3.63) is 59.5 Å². The lowest BCUT2D eigenvalue weighted by Crippen LogP contribution is -2.16. The molecular weight excluding hydrogens is 282 g/mol. The van der Waals surface area contributed by atoms with E-state index in [1.54, 1.807) is 0 Å². The summed E-state index contributed by atoms with van der Waals surface area (Å²) in [6.45, 7) is 0. The van der Waals surface area contributed by atoms with Crippen LogP contribution in [0.4, 0.5) is 26.3 Å².